The van der Waals surface area contributed by atoms with Crippen molar-refractivity contribution in [3.63, 3.8) is 0 Å². The number of nitrogens with one attached hydrogen (secondary N) is 1. The lowest BCUT2D eigenvalue weighted by atomic mass is 9.91. The van der Waals surface area contributed by atoms with Crippen molar-refractivity contribution in [2.24, 2.45) is 15.2 Å². The first kappa shape index (κ1) is 28.6. The second-order valence-electron chi connectivity index (χ2n) is 9.73. The summed E-state index contributed by atoms with van der Waals surface area (Å²) in [6.07, 6.45) is 0.974. The van der Waals surface area contributed by atoms with Crippen LogP contribution in [0.3, 0.4) is 0 Å². The highest BCUT2D eigenvalue weighted by Crippen LogP contribution is 2.31. The number of sulfonamides is 2. The fraction of sp³-hybridized carbons (Fsp3) is 0.259. The lowest BCUT2D eigenvalue weighted by molar-refractivity contribution is 0.456. The van der Waals surface area contributed by atoms with E-state index >= 15 is 0 Å². The first-order chi connectivity index (χ1) is 19.0. The lowest BCUT2D eigenvalue weighted by Crippen LogP contribution is -2.42. The van der Waals surface area contributed by atoms with E-state index in [1.165, 1.54) is 29.3 Å². The van der Waals surface area contributed by atoms with Gasteiger partial charge in [-0.25, -0.2) is 36.7 Å². The highest BCUT2D eigenvalue weighted by Gasteiger charge is 2.36. The van der Waals surface area contributed by atoms with E-state index in [-0.39, 0.29) is 23.2 Å². The summed E-state index contributed by atoms with van der Waals surface area (Å²) in [5, 5.41) is 12.0. The third-order valence-electron chi connectivity index (χ3n) is 6.98. The molecule has 3 atom stereocenters. The zero-order valence-electron chi connectivity index (χ0n) is 21.2. The zero-order valence-corrected chi connectivity index (χ0v) is 24.3. The van der Waals surface area contributed by atoms with Gasteiger partial charge >= 0.3 is 0 Å². The van der Waals surface area contributed by atoms with Crippen LogP contribution in [0.1, 0.15) is 36.3 Å². The lowest BCUT2D eigenvalue weighted by Gasteiger charge is -2.21. The summed E-state index contributed by atoms with van der Waals surface area (Å²) in [5.41, 5.74) is 2.54. The molecule has 40 heavy (non-hydrogen) atoms. The van der Waals surface area contributed by atoms with Crippen LogP contribution < -0.4 is 9.86 Å². The van der Waals surface area contributed by atoms with Gasteiger partial charge in [-0.1, -0.05) is 65.7 Å². The Morgan fingerprint density at radius 1 is 0.900 bits per heavy atom. The van der Waals surface area contributed by atoms with Crippen molar-refractivity contribution in [1.82, 2.24) is 9.73 Å². The minimum atomic E-state index is -4.08. The topological polar surface area (TPSA) is 134 Å². The molecule has 210 valence electrons. The summed E-state index contributed by atoms with van der Waals surface area (Å²) in [7, 11) is -7.82. The van der Waals surface area contributed by atoms with Crippen LogP contribution in [-0.4, -0.2) is 51.4 Å². The second-order valence-corrected chi connectivity index (χ2v) is 14.1. The van der Waals surface area contributed by atoms with E-state index in [0.29, 0.717) is 29.4 Å². The summed E-state index contributed by atoms with van der Waals surface area (Å²) in [6.45, 7) is 0.301. The summed E-state index contributed by atoms with van der Waals surface area (Å²) >= 11 is 12.1. The van der Waals surface area contributed by atoms with Crippen molar-refractivity contribution in [2.45, 2.75) is 41.4 Å². The fourth-order valence-corrected chi connectivity index (χ4v) is 7.12. The van der Waals surface area contributed by atoms with Gasteiger partial charge in [0, 0.05) is 16.0 Å². The van der Waals surface area contributed by atoms with E-state index in [0.717, 1.165) is 16.8 Å². The molecule has 1 aliphatic heterocycles. The molecule has 2 aliphatic rings. The van der Waals surface area contributed by atoms with Crippen molar-refractivity contribution < 1.29 is 16.8 Å². The number of guanidine groups is 1. The van der Waals surface area contributed by atoms with Crippen LogP contribution in [-0.2, 0) is 20.0 Å². The molecule has 1 saturated carbocycles. The highest BCUT2D eigenvalue weighted by molar-refractivity contribution is 7.90. The molecule has 3 N–H and O–H groups in total. The minimum absolute atomic E-state index is 0.0000796. The van der Waals surface area contributed by atoms with Gasteiger partial charge in [-0.15, -0.1) is 0 Å². The van der Waals surface area contributed by atoms with Gasteiger partial charge in [0.1, 0.15) is 0 Å². The van der Waals surface area contributed by atoms with E-state index in [2.05, 4.69) is 4.72 Å². The number of hydrogen-bond donors (Lipinski definition) is 2. The summed E-state index contributed by atoms with van der Waals surface area (Å²) in [5.74, 6) is -0.201. The highest BCUT2D eigenvalue weighted by atomic mass is 35.5. The van der Waals surface area contributed by atoms with Gasteiger partial charge in [-0.3, -0.25) is 0 Å². The predicted octanol–water partition coefficient (Wildman–Crippen LogP) is 4.34. The molecule has 0 aromatic heterocycles. The van der Waals surface area contributed by atoms with Crippen LogP contribution in [0.25, 0.3) is 0 Å². The van der Waals surface area contributed by atoms with Gasteiger partial charge in [0.15, 0.2) is 0 Å². The molecule has 0 spiro atoms. The molecule has 3 aromatic rings. The van der Waals surface area contributed by atoms with Crippen LogP contribution >= 0.6 is 23.2 Å². The number of rotatable bonds is 6. The largest absolute Gasteiger partial charge is 0.264 e. The molecule has 1 heterocycles. The SMILES string of the molecule is NS(=O)(=O)[C@@H]1CC[C@@H](N=C(NS(=O)(=O)c2ccc(Cl)cc2)N2C[C@@H](c3ccccc3)C(c3ccc(Cl)cc3)=N2)C1. The average Bonchev–Trinajstić information content (AvgIpc) is 3.57. The van der Waals surface area contributed by atoms with Gasteiger partial charge < -0.3 is 0 Å². The summed E-state index contributed by atoms with van der Waals surface area (Å²) < 4.78 is 53.3. The molecule has 1 fully saturated rings. The number of benzene rings is 3. The van der Waals surface area contributed by atoms with Crippen LogP contribution in [0, 0.1) is 0 Å². The monoisotopic (exact) mass is 619 g/mol. The molecule has 0 amide bonds. The van der Waals surface area contributed by atoms with Crippen molar-refractivity contribution in [3.05, 3.63) is 100 Å². The normalized spacial score (nSPS) is 21.9. The zero-order chi connectivity index (χ0) is 28.5. The Hall–Kier alpha value is -2.96. The van der Waals surface area contributed by atoms with E-state index in [1.807, 2.05) is 42.5 Å². The Morgan fingerprint density at radius 2 is 1.52 bits per heavy atom. The smallest absolute Gasteiger partial charge is 0.248 e. The summed E-state index contributed by atoms with van der Waals surface area (Å²) in [4.78, 5) is 4.70. The van der Waals surface area contributed by atoms with Gasteiger partial charge in [0.25, 0.3) is 10.0 Å². The Balaban J connectivity index is 1.55. The van der Waals surface area contributed by atoms with Crippen LogP contribution in [0.15, 0.2) is 93.9 Å². The third kappa shape index (κ3) is 6.50. The number of nitrogens with zero attached hydrogens (tertiary/aromatic N) is 3. The van der Waals surface area contributed by atoms with Gasteiger partial charge in [0.05, 0.1) is 28.4 Å². The first-order valence-corrected chi connectivity index (χ1v) is 16.4. The average molecular weight is 621 g/mol. The van der Waals surface area contributed by atoms with Gasteiger partial charge in [0.2, 0.25) is 16.0 Å². The number of nitrogens with two attached hydrogens (primary N) is 1. The molecule has 0 bridgehead atoms. The quantitative estimate of drug-likeness (QED) is 0.313. The molecule has 9 nitrogen and oxygen atoms in total. The van der Waals surface area contributed by atoms with Crippen LogP contribution in [0.2, 0.25) is 10.0 Å². The number of aliphatic imine (C=N–C) groups is 1. The standard InChI is InChI=1S/C27H27Cl2N5O4S2/c28-20-8-6-19(7-9-20)26-25(18-4-2-1-3-5-18)17-34(32-26)27(31-22-12-15-24(16-22)39(30,35)36)33-40(37,38)23-13-10-21(29)11-14-23/h1-11,13-14,22,24-25H,12,15-17H2,(H,31,33)(H2,30,35,36)/t22-,24-,25+/m1/s1. The Bertz CT molecular complexity index is 1650. The number of hydrazone groups is 1. The van der Waals surface area contributed by atoms with Crippen molar-refractivity contribution >= 4 is 54.9 Å². The fourth-order valence-electron chi connectivity index (χ4n) is 4.91. The molecule has 3 aromatic carbocycles. The molecular weight excluding hydrogens is 593 g/mol. The Labute approximate surface area is 243 Å². The van der Waals surface area contributed by atoms with E-state index in [4.69, 9.17) is 38.4 Å². The third-order valence-corrected chi connectivity index (χ3v) is 10.2. The molecule has 0 saturated heterocycles. The predicted molar refractivity (Wildman–Crippen MR) is 158 cm³/mol. The number of hydrogen-bond acceptors (Lipinski definition) is 6. The Morgan fingerprint density at radius 3 is 2.12 bits per heavy atom. The van der Waals surface area contributed by atoms with E-state index < -0.39 is 31.3 Å². The maximum absolute atomic E-state index is 13.4. The summed E-state index contributed by atoms with van der Waals surface area (Å²) in [6, 6.07) is 22.3. The maximum atomic E-state index is 13.4. The van der Waals surface area contributed by atoms with Crippen LogP contribution in [0.5, 0.6) is 0 Å². The van der Waals surface area contributed by atoms with E-state index in [9.17, 15) is 16.8 Å². The Kier molecular flexibility index (Phi) is 8.21. The number of primary sulfonamides is 1. The van der Waals surface area contributed by atoms with Gasteiger partial charge in [-0.2, -0.15) is 5.10 Å². The second kappa shape index (κ2) is 11.5. The molecule has 5 rings (SSSR count). The molecular formula is C27H27Cl2N5O4S2. The van der Waals surface area contributed by atoms with E-state index in [1.54, 1.807) is 12.1 Å². The van der Waals surface area contributed by atoms with Crippen LogP contribution in [0.4, 0.5) is 0 Å². The van der Waals surface area contributed by atoms with Gasteiger partial charge in [-0.05, 0) is 66.8 Å². The van der Waals surface area contributed by atoms with Crippen molar-refractivity contribution in [3.8, 4) is 0 Å². The minimum Gasteiger partial charge on any atom is -0.248 e. The number of halogens is 2. The maximum Gasteiger partial charge on any atom is 0.264 e. The molecule has 1 aliphatic carbocycles. The van der Waals surface area contributed by atoms with Crippen molar-refractivity contribution in [1.29, 1.82) is 0 Å². The molecule has 0 radical (unpaired) electrons. The first-order valence-electron chi connectivity index (χ1n) is 12.5. The molecule has 13 heteroatoms. The van der Waals surface area contributed by atoms with Crippen molar-refractivity contribution in [2.75, 3.05) is 6.54 Å². The molecule has 0 unspecified atom stereocenters.